The van der Waals surface area contributed by atoms with Gasteiger partial charge >= 0.3 is 5.97 Å². The summed E-state index contributed by atoms with van der Waals surface area (Å²) >= 11 is 0. The molecule has 1 atom stereocenters. The van der Waals surface area contributed by atoms with Crippen molar-refractivity contribution in [2.75, 3.05) is 20.3 Å². The molecular weight excluding hydrogens is 174 g/mol. The zero-order valence-electron chi connectivity index (χ0n) is 7.87. The van der Waals surface area contributed by atoms with Crippen LogP contribution in [0.15, 0.2) is 0 Å². The standard InChI is InChI=1S/C8H15NO4/c1-6(8(11)12)3-4-9-7(10)5-13-2/h6H,3-5H2,1-2H3,(H,9,10)(H,11,12). The fraction of sp³-hybridized carbons (Fsp3) is 0.750. The van der Waals surface area contributed by atoms with E-state index in [9.17, 15) is 9.59 Å². The zero-order valence-corrected chi connectivity index (χ0v) is 7.87. The molecule has 0 bridgehead atoms. The van der Waals surface area contributed by atoms with Gasteiger partial charge in [0.2, 0.25) is 5.91 Å². The lowest BCUT2D eigenvalue weighted by molar-refractivity contribution is -0.141. The SMILES string of the molecule is COCC(=O)NCCC(C)C(=O)O. The first-order valence-electron chi connectivity index (χ1n) is 4.06. The van der Waals surface area contributed by atoms with Crippen LogP contribution in [0.3, 0.4) is 0 Å². The van der Waals surface area contributed by atoms with Gasteiger partial charge in [0.25, 0.3) is 0 Å². The van der Waals surface area contributed by atoms with E-state index in [1.807, 2.05) is 0 Å². The molecule has 0 aliphatic heterocycles. The van der Waals surface area contributed by atoms with Gasteiger partial charge in [0.05, 0.1) is 5.92 Å². The molecule has 5 heteroatoms. The smallest absolute Gasteiger partial charge is 0.306 e. The summed E-state index contributed by atoms with van der Waals surface area (Å²) in [5.41, 5.74) is 0. The Balaban J connectivity index is 3.44. The third kappa shape index (κ3) is 6.10. The number of methoxy groups -OCH3 is 1. The van der Waals surface area contributed by atoms with Crippen LogP contribution in [0.1, 0.15) is 13.3 Å². The van der Waals surface area contributed by atoms with Gasteiger partial charge in [-0.3, -0.25) is 9.59 Å². The van der Waals surface area contributed by atoms with Crippen LogP contribution in [0, 0.1) is 5.92 Å². The molecule has 1 amide bonds. The summed E-state index contributed by atoms with van der Waals surface area (Å²) < 4.78 is 4.58. The van der Waals surface area contributed by atoms with E-state index in [0.29, 0.717) is 13.0 Å². The van der Waals surface area contributed by atoms with Crippen LogP contribution in [-0.2, 0) is 14.3 Å². The number of carbonyl (C=O) groups excluding carboxylic acids is 1. The van der Waals surface area contributed by atoms with Gasteiger partial charge in [0.1, 0.15) is 6.61 Å². The first kappa shape index (κ1) is 11.9. The first-order valence-corrected chi connectivity index (χ1v) is 4.06. The Morgan fingerprint density at radius 3 is 2.62 bits per heavy atom. The van der Waals surface area contributed by atoms with Gasteiger partial charge < -0.3 is 15.2 Å². The van der Waals surface area contributed by atoms with E-state index in [2.05, 4.69) is 10.1 Å². The lowest BCUT2D eigenvalue weighted by atomic mass is 10.1. The van der Waals surface area contributed by atoms with Crippen molar-refractivity contribution in [2.24, 2.45) is 5.92 Å². The minimum Gasteiger partial charge on any atom is -0.481 e. The Morgan fingerprint density at radius 1 is 1.54 bits per heavy atom. The molecule has 0 aliphatic rings. The summed E-state index contributed by atoms with van der Waals surface area (Å²) in [5.74, 6) is -1.50. The molecule has 2 N–H and O–H groups in total. The second-order valence-corrected chi connectivity index (χ2v) is 2.81. The third-order valence-electron chi connectivity index (χ3n) is 1.60. The molecule has 13 heavy (non-hydrogen) atoms. The van der Waals surface area contributed by atoms with Crippen LogP contribution in [0.5, 0.6) is 0 Å². The maximum Gasteiger partial charge on any atom is 0.306 e. The molecule has 76 valence electrons. The maximum atomic E-state index is 10.8. The third-order valence-corrected chi connectivity index (χ3v) is 1.60. The topological polar surface area (TPSA) is 75.6 Å². The molecule has 0 aromatic heterocycles. The average Bonchev–Trinajstić information content (AvgIpc) is 2.04. The van der Waals surface area contributed by atoms with E-state index in [0.717, 1.165) is 0 Å². The number of carboxylic acid groups (broad SMARTS) is 1. The number of rotatable bonds is 6. The highest BCUT2D eigenvalue weighted by Crippen LogP contribution is 1.99. The number of ether oxygens (including phenoxy) is 1. The molecule has 0 fully saturated rings. The normalized spacial score (nSPS) is 12.2. The molecule has 0 spiro atoms. The van der Waals surface area contributed by atoms with E-state index >= 15 is 0 Å². The monoisotopic (exact) mass is 189 g/mol. The van der Waals surface area contributed by atoms with Crippen LogP contribution >= 0.6 is 0 Å². The van der Waals surface area contributed by atoms with Crippen molar-refractivity contribution >= 4 is 11.9 Å². The largest absolute Gasteiger partial charge is 0.481 e. The van der Waals surface area contributed by atoms with Crippen molar-refractivity contribution in [3.05, 3.63) is 0 Å². The molecule has 1 unspecified atom stereocenters. The Hall–Kier alpha value is -1.10. The van der Waals surface area contributed by atoms with Crippen molar-refractivity contribution in [3.63, 3.8) is 0 Å². The summed E-state index contributed by atoms with van der Waals surface area (Å²) in [4.78, 5) is 21.2. The fourth-order valence-corrected chi connectivity index (χ4v) is 0.734. The van der Waals surface area contributed by atoms with Gasteiger partial charge in [-0.1, -0.05) is 6.92 Å². The van der Waals surface area contributed by atoms with Crippen LogP contribution in [-0.4, -0.2) is 37.2 Å². The van der Waals surface area contributed by atoms with Crippen LogP contribution in [0.25, 0.3) is 0 Å². The summed E-state index contributed by atoms with van der Waals surface area (Å²) in [6, 6.07) is 0. The first-order chi connectivity index (χ1) is 6.07. The molecule has 0 saturated heterocycles. The Morgan fingerprint density at radius 2 is 2.15 bits per heavy atom. The van der Waals surface area contributed by atoms with Gasteiger partial charge in [-0.2, -0.15) is 0 Å². The Kier molecular flexibility index (Phi) is 5.88. The molecule has 0 heterocycles. The lowest BCUT2D eigenvalue weighted by Crippen LogP contribution is -2.29. The van der Waals surface area contributed by atoms with Gasteiger partial charge in [0, 0.05) is 13.7 Å². The average molecular weight is 189 g/mol. The van der Waals surface area contributed by atoms with Crippen molar-refractivity contribution in [1.82, 2.24) is 5.32 Å². The second-order valence-electron chi connectivity index (χ2n) is 2.81. The van der Waals surface area contributed by atoms with E-state index in [1.54, 1.807) is 6.92 Å². The molecule has 0 saturated carbocycles. The van der Waals surface area contributed by atoms with E-state index in [-0.39, 0.29) is 12.5 Å². The van der Waals surface area contributed by atoms with Crippen molar-refractivity contribution in [2.45, 2.75) is 13.3 Å². The predicted molar refractivity (Wildman–Crippen MR) is 46.3 cm³/mol. The number of nitrogens with one attached hydrogen (secondary N) is 1. The number of carboxylic acids is 1. The Labute approximate surface area is 77.1 Å². The van der Waals surface area contributed by atoms with E-state index in [1.165, 1.54) is 7.11 Å². The van der Waals surface area contributed by atoms with Gasteiger partial charge in [0.15, 0.2) is 0 Å². The molecule has 0 aromatic rings. The summed E-state index contributed by atoms with van der Waals surface area (Å²) in [5, 5.41) is 11.1. The number of hydrogen-bond acceptors (Lipinski definition) is 3. The van der Waals surface area contributed by atoms with Crippen LogP contribution < -0.4 is 5.32 Å². The maximum absolute atomic E-state index is 10.8. The summed E-state index contributed by atoms with van der Waals surface area (Å²) in [7, 11) is 1.43. The highest BCUT2D eigenvalue weighted by molar-refractivity contribution is 5.77. The van der Waals surface area contributed by atoms with E-state index < -0.39 is 11.9 Å². The lowest BCUT2D eigenvalue weighted by Gasteiger charge is -2.06. The number of carbonyl (C=O) groups is 2. The summed E-state index contributed by atoms with van der Waals surface area (Å²) in [6.45, 7) is 1.99. The number of hydrogen-bond donors (Lipinski definition) is 2. The Bertz CT molecular complexity index is 181. The number of aliphatic carboxylic acids is 1. The van der Waals surface area contributed by atoms with Crippen LogP contribution in [0.4, 0.5) is 0 Å². The van der Waals surface area contributed by atoms with Gasteiger partial charge in [-0.15, -0.1) is 0 Å². The predicted octanol–water partition coefficient (Wildman–Crippen LogP) is -0.140. The minimum atomic E-state index is -0.846. The van der Waals surface area contributed by atoms with Gasteiger partial charge in [-0.05, 0) is 6.42 Å². The zero-order chi connectivity index (χ0) is 10.3. The number of amides is 1. The highest BCUT2D eigenvalue weighted by Gasteiger charge is 2.10. The van der Waals surface area contributed by atoms with Crippen LogP contribution in [0.2, 0.25) is 0 Å². The quantitative estimate of drug-likeness (QED) is 0.609. The van der Waals surface area contributed by atoms with Crippen molar-refractivity contribution in [1.29, 1.82) is 0 Å². The molecule has 0 aromatic carbocycles. The fourth-order valence-electron chi connectivity index (χ4n) is 0.734. The summed E-state index contributed by atoms with van der Waals surface area (Å²) in [6.07, 6.45) is 0.435. The highest BCUT2D eigenvalue weighted by atomic mass is 16.5. The van der Waals surface area contributed by atoms with Gasteiger partial charge in [-0.25, -0.2) is 0 Å². The molecular formula is C8H15NO4. The molecule has 0 rings (SSSR count). The molecule has 0 aliphatic carbocycles. The molecule has 5 nitrogen and oxygen atoms in total. The van der Waals surface area contributed by atoms with Crippen molar-refractivity contribution < 1.29 is 19.4 Å². The molecule has 0 radical (unpaired) electrons. The minimum absolute atomic E-state index is 0.0153. The van der Waals surface area contributed by atoms with Crippen molar-refractivity contribution in [3.8, 4) is 0 Å². The second kappa shape index (κ2) is 6.42. The van der Waals surface area contributed by atoms with E-state index in [4.69, 9.17) is 5.11 Å².